The normalized spacial score (nSPS) is 14.3. The summed E-state index contributed by atoms with van der Waals surface area (Å²) >= 11 is 0. The van der Waals surface area contributed by atoms with Crippen LogP contribution in [-0.2, 0) is 0 Å². The molecule has 3 N–H and O–H groups in total. The van der Waals surface area contributed by atoms with E-state index in [0.29, 0.717) is 0 Å². The smallest absolute Gasteiger partial charge is 0.138 e. The highest BCUT2D eigenvalue weighted by atomic mass is 19.1. The number of aromatic amines is 2. The highest BCUT2D eigenvalue weighted by molar-refractivity contribution is 6.00. The summed E-state index contributed by atoms with van der Waals surface area (Å²) in [5, 5.41) is 12.9. The molecule has 8 nitrogen and oxygen atoms in total. The van der Waals surface area contributed by atoms with Crippen LogP contribution in [0.2, 0.25) is 0 Å². The zero-order chi connectivity index (χ0) is 26.3. The van der Waals surface area contributed by atoms with Crippen molar-refractivity contribution in [2.75, 3.05) is 13.1 Å². The molecule has 1 aliphatic heterocycles. The predicted octanol–water partition coefficient (Wildman–Crippen LogP) is 5.81. The Hall–Kier alpha value is -4.63. The van der Waals surface area contributed by atoms with Gasteiger partial charge in [-0.3, -0.25) is 20.1 Å². The van der Waals surface area contributed by atoms with E-state index in [9.17, 15) is 4.39 Å². The van der Waals surface area contributed by atoms with Gasteiger partial charge < -0.3 is 15.0 Å². The van der Waals surface area contributed by atoms with Gasteiger partial charge in [-0.15, -0.1) is 0 Å². The Kier molecular flexibility index (Phi) is 5.78. The molecule has 0 atom stereocenters. The minimum atomic E-state index is -0.280. The number of hydrogen-bond acceptors (Lipinski definition) is 6. The van der Waals surface area contributed by atoms with Crippen molar-refractivity contribution in [3.8, 4) is 39.7 Å². The third-order valence-corrected chi connectivity index (χ3v) is 7.16. The summed E-state index contributed by atoms with van der Waals surface area (Å²) in [4.78, 5) is 17.1. The average molecular weight is 520 g/mol. The van der Waals surface area contributed by atoms with Crippen LogP contribution in [0.4, 0.5) is 4.39 Å². The summed E-state index contributed by atoms with van der Waals surface area (Å²) in [5.41, 5.74) is 7.27. The number of ether oxygens (including phenoxy) is 1. The molecule has 194 valence electrons. The van der Waals surface area contributed by atoms with Crippen molar-refractivity contribution < 1.29 is 9.13 Å². The minimum Gasteiger partial charge on any atom is -0.489 e. The molecule has 0 aliphatic carbocycles. The molecule has 1 aliphatic rings. The van der Waals surface area contributed by atoms with Crippen LogP contribution in [-0.4, -0.2) is 49.3 Å². The number of nitrogens with one attached hydrogen (secondary N) is 3. The second kappa shape index (κ2) is 9.59. The summed E-state index contributed by atoms with van der Waals surface area (Å²) in [6, 6.07) is 12.9. The van der Waals surface area contributed by atoms with Gasteiger partial charge in [0.15, 0.2) is 0 Å². The van der Waals surface area contributed by atoms with Crippen LogP contribution in [0.1, 0.15) is 18.4 Å². The van der Waals surface area contributed by atoms with E-state index < -0.39 is 0 Å². The molecule has 0 saturated carbocycles. The van der Waals surface area contributed by atoms with E-state index in [-0.39, 0.29) is 11.9 Å². The van der Waals surface area contributed by atoms with Crippen molar-refractivity contribution in [3.05, 3.63) is 78.6 Å². The van der Waals surface area contributed by atoms with E-state index in [0.717, 1.165) is 93.0 Å². The first-order valence-corrected chi connectivity index (χ1v) is 13.0. The fourth-order valence-electron chi connectivity index (χ4n) is 5.29. The van der Waals surface area contributed by atoms with Crippen molar-refractivity contribution in [1.82, 2.24) is 35.5 Å². The average Bonchev–Trinajstić information content (AvgIpc) is 3.57. The van der Waals surface area contributed by atoms with Gasteiger partial charge >= 0.3 is 0 Å². The van der Waals surface area contributed by atoms with Crippen molar-refractivity contribution in [3.63, 3.8) is 0 Å². The SMILES string of the molecule is Cc1cc(F)cc(-c2nccc3[nH]c(-c4n[nH]c5cnc(-c6cncc(OC7CCNCC7)c6)cc45)cc23)c1. The molecule has 39 heavy (non-hydrogen) atoms. The zero-order valence-corrected chi connectivity index (χ0v) is 21.3. The third-order valence-electron chi connectivity index (χ3n) is 7.16. The van der Waals surface area contributed by atoms with Gasteiger partial charge in [0, 0.05) is 39.8 Å². The lowest BCUT2D eigenvalue weighted by atomic mass is 10.0. The van der Waals surface area contributed by atoms with Crippen LogP contribution in [0.25, 0.3) is 55.7 Å². The molecule has 0 amide bonds. The van der Waals surface area contributed by atoms with E-state index in [1.807, 2.05) is 37.3 Å². The van der Waals surface area contributed by atoms with E-state index in [1.54, 1.807) is 24.8 Å². The number of benzene rings is 1. The van der Waals surface area contributed by atoms with Crippen molar-refractivity contribution in [2.45, 2.75) is 25.9 Å². The number of piperidine rings is 1. The fourth-order valence-corrected chi connectivity index (χ4v) is 5.29. The van der Waals surface area contributed by atoms with Crippen molar-refractivity contribution in [2.24, 2.45) is 0 Å². The van der Waals surface area contributed by atoms with Gasteiger partial charge in [0.05, 0.1) is 35.0 Å². The maximum absolute atomic E-state index is 14.2. The van der Waals surface area contributed by atoms with E-state index in [4.69, 9.17) is 4.74 Å². The van der Waals surface area contributed by atoms with Gasteiger partial charge in [-0.1, -0.05) is 0 Å². The molecular weight excluding hydrogens is 493 g/mol. The summed E-state index contributed by atoms with van der Waals surface area (Å²) in [6.07, 6.45) is 9.22. The highest BCUT2D eigenvalue weighted by Gasteiger charge is 2.17. The summed E-state index contributed by atoms with van der Waals surface area (Å²) in [5.74, 6) is 0.467. The van der Waals surface area contributed by atoms with Crippen LogP contribution in [0.5, 0.6) is 5.75 Å². The Balaban J connectivity index is 1.26. The number of H-pyrrole nitrogens is 2. The number of pyridine rings is 3. The highest BCUT2D eigenvalue weighted by Crippen LogP contribution is 2.34. The monoisotopic (exact) mass is 519 g/mol. The van der Waals surface area contributed by atoms with Gasteiger partial charge in [0.25, 0.3) is 0 Å². The molecule has 0 spiro atoms. The van der Waals surface area contributed by atoms with E-state index in [1.165, 1.54) is 12.1 Å². The second-order valence-electron chi connectivity index (χ2n) is 9.98. The van der Waals surface area contributed by atoms with Crippen LogP contribution < -0.4 is 10.1 Å². The Morgan fingerprint density at radius 1 is 0.872 bits per heavy atom. The lowest BCUT2D eigenvalue weighted by molar-refractivity contribution is 0.162. The maximum Gasteiger partial charge on any atom is 0.138 e. The number of fused-ring (bicyclic) bond motifs is 2. The number of halogens is 1. The number of nitrogens with zero attached hydrogens (tertiary/aromatic N) is 4. The minimum absolute atomic E-state index is 0.192. The topological polar surface area (TPSA) is 104 Å². The largest absolute Gasteiger partial charge is 0.489 e. The third kappa shape index (κ3) is 4.51. The van der Waals surface area contributed by atoms with Crippen LogP contribution >= 0.6 is 0 Å². The summed E-state index contributed by atoms with van der Waals surface area (Å²) < 4.78 is 20.4. The van der Waals surface area contributed by atoms with E-state index >= 15 is 0 Å². The van der Waals surface area contributed by atoms with Gasteiger partial charge in [-0.2, -0.15) is 5.10 Å². The van der Waals surface area contributed by atoms with Gasteiger partial charge in [0.1, 0.15) is 23.4 Å². The van der Waals surface area contributed by atoms with Gasteiger partial charge in [-0.05, 0) is 80.9 Å². The molecule has 6 heterocycles. The molecule has 0 radical (unpaired) electrons. The Labute approximate surface area is 223 Å². The van der Waals surface area contributed by atoms with Gasteiger partial charge in [0.2, 0.25) is 0 Å². The molecule has 9 heteroatoms. The van der Waals surface area contributed by atoms with Gasteiger partial charge in [-0.25, -0.2) is 4.39 Å². The Morgan fingerprint density at radius 3 is 2.62 bits per heavy atom. The molecule has 0 unspecified atom stereocenters. The molecule has 7 rings (SSSR count). The second-order valence-corrected chi connectivity index (χ2v) is 9.98. The predicted molar refractivity (Wildman–Crippen MR) is 149 cm³/mol. The molecule has 1 aromatic carbocycles. The summed E-state index contributed by atoms with van der Waals surface area (Å²) in [6.45, 7) is 3.81. The van der Waals surface area contributed by atoms with Crippen LogP contribution in [0, 0.1) is 12.7 Å². The molecule has 5 aromatic heterocycles. The summed E-state index contributed by atoms with van der Waals surface area (Å²) in [7, 11) is 0. The van der Waals surface area contributed by atoms with Crippen molar-refractivity contribution in [1.29, 1.82) is 0 Å². The number of rotatable bonds is 5. The lowest BCUT2D eigenvalue weighted by Crippen LogP contribution is -2.34. The maximum atomic E-state index is 14.2. The molecule has 6 aromatic rings. The molecular formula is C30H26FN7O. The number of aryl methyl sites for hydroxylation is 1. The molecule has 1 fully saturated rings. The number of hydrogen-bond donors (Lipinski definition) is 3. The Morgan fingerprint density at radius 2 is 1.74 bits per heavy atom. The van der Waals surface area contributed by atoms with Crippen LogP contribution in [0.3, 0.4) is 0 Å². The first kappa shape index (κ1) is 23.5. The Bertz CT molecular complexity index is 1800. The number of aromatic nitrogens is 6. The quantitative estimate of drug-likeness (QED) is 0.266. The van der Waals surface area contributed by atoms with Crippen molar-refractivity contribution >= 4 is 21.8 Å². The molecule has 1 saturated heterocycles. The standard InChI is InChI=1S/C30H26FN7O/c1-17-8-18(10-20(31)9-17)29-23-13-27(36-25(23)4-7-34-29)30-24-12-26(35-16-28(24)37-38-30)19-11-22(15-33-14-19)39-21-2-5-32-6-3-21/h4,7-16,21,32,36H,2-3,5-6H2,1H3,(H,37,38). The lowest BCUT2D eigenvalue weighted by Gasteiger charge is -2.23. The molecule has 0 bridgehead atoms. The zero-order valence-electron chi connectivity index (χ0n) is 21.3. The van der Waals surface area contributed by atoms with E-state index in [2.05, 4.69) is 35.5 Å². The first-order chi connectivity index (χ1) is 19.1. The van der Waals surface area contributed by atoms with Crippen LogP contribution in [0.15, 0.2) is 67.3 Å². The fraction of sp³-hybridized carbons (Fsp3) is 0.200. The first-order valence-electron chi connectivity index (χ1n) is 13.0.